The van der Waals surface area contributed by atoms with Crippen LogP contribution in [0.15, 0.2) is 54.9 Å². The monoisotopic (exact) mass is 420 g/mol. The van der Waals surface area contributed by atoms with E-state index in [0.717, 1.165) is 44.9 Å². The van der Waals surface area contributed by atoms with Gasteiger partial charge in [-0.1, -0.05) is 36.4 Å². The number of nitrogens with zero attached hydrogens (tertiary/aromatic N) is 3. The van der Waals surface area contributed by atoms with Gasteiger partial charge < -0.3 is 10.2 Å². The molecule has 2 bridgehead atoms. The topological polar surface area (TPSA) is 48.5 Å². The maximum absolute atomic E-state index is 12.8. The van der Waals surface area contributed by atoms with E-state index in [1.807, 2.05) is 41.6 Å². The third kappa shape index (κ3) is 6.14. The molecule has 1 amide bonds. The van der Waals surface area contributed by atoms with Crippen LogP contribution in [0.1, 0.15) is 43.7 Å². The normalized spacial score (nSPS) is 23.5. The lowest BCUT2D eigenvalue weighted by molar-refractivity contribution is -0.131. The first kappa shape index (κ1) is 22.0. The van der Waals surface area contributed by atoms with Crippen molar-refractivity contribution in [3.63, 3.8) is 0 Å². The molecule has 5 nitrogen and oxygen atoms in total. The van der Waals surface area contributed by atoms with E-state index in [2.05, 4.69) is 40.3 Å². The fourth-order valence-corrected chi connectivity index (χ4v) is 5.30. The van der Waals surface area contributed by atoms with Crippen LogP contribution in [0.4, 0.5) is 0 Å². The van der Waals surface area contributed by atoms with Crippen molar-refractivity contribution in [1.82, 2.24) is 20.1 Å². The Bertz CT molecular complexity index is 813. The summed E-state index contributed by atoms with van der Waals surface area (Å²) in [5.74, 6) is 1.71. The lowest BCUT2D eigenvalue weighted by Gasteiger charge is -2.46. The second kappa shape index (κ2) is 10.9. The summed E-state index contributed by atoms with van der Waals surface area (Å²) in [6, 6.07) is 15.0. The van der Waals surface area contributed by atoms with Crippen molar-refractivity contribution in [3.8, 4) is 0 Å². The number of hydrogen-bond donors (Lipinski definition) is 1. The van der Waals surface area contributed by atoms with Crippen LogP contribution in [0.5, 0.6) is 0 Å². The van der Waals surface area contributed by atoms with E-state index in [4.69, 9.17) is 0 Å². The van der Waals surface area contributed by atoms with Gasteiger partial charge in [-0.3, -0.25) is 14.7 Å². The van der Waals surface area contributed by atoms with Crippen molar-refractivity contribution in [2.45, 2.75) is 51.7 Å². The number of rotatable bonds is 9. The van der Waals surface area contributed by atoms with Gasteiger partial charge in [0.25, 0.3) is 0 Å². The molecule has 1 N–H and O–H groups in total. The fourth-order valence-electron chi connectivity index (χ4n) is 5.30. The maximum Gasteiger partial charge on any atom is 0.222 e. The fraction of sp³-hybridized carbons (Fsp3) is 0.538. The smallest absolute Gasteiger partial charge is 0.222 e. The Morgan fingerprint density at radius 3 is 2.77 bits per heavy atom. The Morgan fingerprint density at radius 2 is 2.00 bits per heavy atom. The predicted molar refractivity (Wildman–Crippen MR) is 124 cm³/mol. The summed E-state index contributed by atoms with van der Waals surface area (Å²) in [5.41, 5.74) is 2.50. The van der Waals surface area contributed by atoms with Gasteiger partial charge in [-0.15, -0.1) is 0 Å². The number of benzene rings is 1. The highest BCUT2D eigenvalue weighted by atomic mass is 16.2. The molecule has 2 saturated heterocycles. The zero-order valence-corrected chi connectivity index (χ0v) is 18.7. The van der Waals surface area contributed by atoms with Gasteiger partial charge in [0.15, 0.2) is 0 Å². The van der Waals surface area contributed by atoms with Crippen molar-refractivity contribution >= 4 is 5.91 Å². The quantitative estimate of drug-likeness (QED) is 0.672. The van der Waals surface area contributed by atoms with E-state index in [0.29, 0.717) is 24.9 Å². The number of aromatic nitrogens is 1. The van der Waals surface area contributed by atoms with E-state index < -0.39 is 0 Å². The molecule has 0 radical (unpaired) electrons. The Kier molecular flexibility index (Phi) is 7.71. The van der Waals surface area contributed by atoms with E-state index in [1.54, 1.807) is 0 Å². The standard InChI is InChI=1S/C26H36N4O/c1-2-30(19-21-8-4-3-5-9-21)26(31)12-6-11-25-24-14-23(16-28-25)18-29(20-24)17-22-10-7-13-27-15-22/h3-5,7-10,13,15,23-25,28H,2,6,11-12,14,16-20H2,1H3/t23-,24+,25+/m0/s1. The summed E-state index contributed by atoms with van der Waals surface area (Å²) in [5, 5.41) is 3.80. The molecule has 166 valence electrons. The summed E-state index contributed by atoms with van der Waals surface area (Å²) < 4.78 is 0. The number of nitrogens with one attached hydrogen (secondary N) is 1. The molecule has 0 saturated carbocycles. The van der Waals surface area contributed by atoms with Crippen molar-refractivity contribution in [3.05, 3.63) is 66.0 Å². The average molecular weight is 421 g/mol. The molecule has 2 fully saturated rings. The van der Waals surface area contributed by atoms with Gasteiger partial charge in [0.1, 0.15) is 0 Å². The molecule has 3 atom stereocenters. The van der Waals surface area contributed by atoms with Crippen LogP contribution in [-0.2, 0) is 17.9 Å². The number of likely N-dealkylation sites (tertiary alicyclic amines) is 1. The van der Waals surface area contributed by atoms with Gasteiger partial charge in [0.2, 0.25) is 5.91 Å². The summed E-state index contributed by atoms with van der Waals surface area (Å²) in [4.78, 5) is 21.6. The number of amides is 1. The minimum atomic E-state index is 0.280. The summed E-state index contributed by atoms with van der Waals surface area (Å²) in [6.07, 6.45) is 7.85. The van der Waals surface area contributed by atoms with Gasteiger partial charge in [-0.25, -0.2) is 0 Å². The van der Waals surface area contributed by atoms with E-state index in [9.17, 15) is 4.79 Å². The van der Waals surface area contributed by atoms with E-state index in [-0.39, 0.29) is 5.91 Å². The molecule has 4 rings (SSSR count). The van der Waals surface area contributed by atoms with Crippen LogP contribution in [0.2, 0.25) is 0 Å². The van der Waals surface area contributed by atoms with Gasteiger partial charge >= 0.3 is 0 Å². The van der Waals surface area contributed by atoms with Crippen molar-refractivity contribution < 1.29 is 4.79 Å². The average Bonchev–Trinajstić information content (AvgIpc) is 2.80. The van der Waals surface area contributed by atoms with Crippen LogP contribution in [0.25, 0.3) is 0 Å². The summed E-state index contributed by atoms with van der Waals surface area (Å²) in [7, 11) is 0. The highest BCUT2D eigenvalue weighted by Gasteiger charge is 2.36. The molecule has 1 aromatic carbocycles. The number of piperidine rings is 2. The van der Waals surface area contributed by atoms with Crippen molar-refractivity contribution in [2.24, 2.45) is 11.8 Å². The second-order valence-corrected chi connectivity index (χ2v) is 9.22. The zero-order valence-electron chi connectivity index (χ0n) is 18.7. The van der Waals surface area contributed by atoms with Crippen LogP contribution in [0.3, 0.4) is 0 Å². The third-order valence-electron chi connectivity index (χ3n) is 6.87. The first-order chi connectivity index (χ1) is 15.2. The first-order valence-corrected chi connectivity index (χ1v) is 11.9. The molecule has 31 heavy (non-hydrogen) atoms. The van der Waals surface area contributed by atoms with E-state index >= 15 is 0 Å². The summed E-state index contributed by atoms with van der Waals surface area (Å²) >= 11 is 0. The zero-order chi connectivity index (χ0) is 21.5. The minimum absolute atomic E-state index is 0.280. The van der Waals surface area contributed by atoms with Crippen molar-refractivity contribution in [2.75, 3.05) is 26.2 Å². The highest BCUT2D eigenvalue weighted by Crippen LogP contribution is 2.31. The number of hydrogen-bond acceptors (Lipinski definition) is 4. The Balaban J connectivity index is 1.24. The second-order valence-electron chi connectivity index (χ2n) is 9.22. The van der Waals surface area contributed by atoms with Gasteiger partial charge in [-0.05, 0) is 61.8 Å². The summed E-state index contributed by atoms with van der Waals surface area (Å²) in [6.45, 7) is 7.97. The molecule has 5 heteroatoms. The molecule has 0 aliphatic carbocycles. The van der Waals surface area contributed by atoms with Crippen molar-refractivity contribution in [1.29, 1.82) is 0 Å². The SMILES string of the molecule is CCN(Cc1ccccc1)C(=O)CCC[C@H]1NC[C@@H]2C[C@@H]1CN(Cc1cccnc1)C2. The molecule has 1 aromatic heterocycles. The molecule has 2 aromatic rings. The van der Waals surface area contributed by atoms with Gasteiger partial charge in [-0.2, -0.15) is 0 Å². The number of carbonyl (C=O) groups is 1. The minimum Gasteiger partial charge on any atom is -0.339 e. The molecule has 0 unspecified atom stereocenters. The third-order valence-corrected chi connectivity index (χ3v) is 6.87. The molecule has 2 aliphatic rings. The van der Waals surface area contributed by atoms with Crippen LogP contribution < -0.4 is 5.32 Å². The molecular formula is C26H36N4O. The molecule has 0 spiro atoms. The lowest BCUT2D eigenvalue weighted by Crippen LogP contribution is -2.55. The first-order valence-electron chi connectivity index (χ1n) is 11.9. The maximum atomic E-state index is 12.8. The van der Waals surface area contributed by atoms with Crippen LogP contribution >= 0.6 is 0 Å². The lowest BCUT2D eigenvalue weighted by atomic mass is 9.79. The Labute approximate surface area is 186 Å². The van der Waals surface area contributed by atoms with Crippen LogP contribution in [0, 0.1) is 11.8 Å². The molecule has 3 heterocycles. The van der Waals surface area contributed by atoms with E-state index in [1.165, 1.54) is 24.1 Å². The van der Waals surface area contributed by atoms with Crippen LogP contribution in [-0.4, -0.2) is 52.9 Å². The molecule has 2 aliphatic heterocycles. The number of fused-ring (bicyclic) bond motifs is 2. The highest BCUT2D eigenvalue weighted by molar-refractivity contribution is 5.76. The Hall–Kier alpha value is -2.24. The molecular weight excluding hydrogens is 384 g/mol. The number of carbonyl (C=O) groups excluding carboxylic acids is 1. The Morgan fingerprint density at radius 1 is 1.16 bits per heavy atom. The largest absolute Gasteiger partial charge is 0.339 e. The van der Waals surface area contributed by atoms with Gasteiger partial charge in [0, 0.05) is 57.6 Å². The van der Waals surface area contributed by atoms with Gasteiger partial charge in [0.05, 0.1) is 0 Å². The predicted octanol–water partition coefficient (Wildman–Crippen LogP) is 3.71. The number of pyridine rings is 1.